The third kappa shape index (κ3) is 2.76. The van der Waals surface area contributed by atoms with Crippen LogP contribution in [0.15, 0.2) is 30.3 Å². The normalized spacial score (nSPS) is 19.3. The first kappa shape index (κ1) is 12.8. The molecule has 18 heavy (non-hydrogen) atoms. The van der Waals surface area contributed by atoms with E-state index in [4.69, 9.17) is 0 Å². The molecule has 1 aromatic carbocycles. The number of rotatable bonds is 2. The quantitative estimate of drug-likeness (QED) is 0.858. The molecule has 1 saturated heterocycles. The summed E-state index contributed by atoms with van der Waals surface area (Å²) in [6.07, 6.45) is 1.88. The number of hydrogen-bond acceptors (Lipinski definition) is 3. The second-order valence-electron chi connectivity index (χ2n) is 4.56. The van der Waals surface area contributed by atoms with Crippen LogP contribution >= 0.6 is 0 Å². The third-order valence-electron chi connectivity index (χ3n) is 3.21. The van der Waals surface area contributed by atoms with Crippen LogP contribution in [0, 0.1) is 0 Å². The van der Waals surface area contributed by atoms with Crippen molar-refractivity contribution < 1.29 is 9.59 Å². The molecule has 1 fully saturated rings. The average Bonchev–Trinajstić information content (AvgIpc) is 2.40. The van der Waals surface area contributed by atoms with Crippen molar-refractivity contribution in [2.45, 2.75) is 25.8 Å². The minimum Gasteiger partial charge on any atom is -0.315 e. The SMILES string of the molecule is CC(=O)N(C(=O)c1ccccc1)C1CCCNC1. The Labute approximate surface area is 107 Å². The molecule has 1 atom stereocenters. The van der Waals surface area contributed by atoms with E-state index in [0.717, 1.165) is 19.4 Å². The fourth-order valence-corrected chi connectivity index (χ4v) is 2.34. The van der Waals surface area contributed by atoms with Crippen molar-refractivity contribution in [1.29, 1.82) is 0 Å². The first-order valence-corrected chi connectivity index (χ1v) is 6.30. The predicted molar refractivity (Wildman–Crippen MR) is 69.2 cm³/mol. The maximum atomic E-state index is 12.4. The highest BCUT2D eigenvalue weighted by Gasteiger charge is 2.29. The zero-order chi connectivity index (χ0) is 13.0. The van der Waals surface area contributed by atoms with Crippen molar-refractivity contribution in [2.75, 3.05) is 13.1 Å². The Hall–Kier alpha value is -1.68. The molecule has 2 amide bonds. The van der Waals surface area contributed by atoms with Crippen LogP contribution in [-0.4, -0.2) is 35.8 Å². The minimum absolute atomic E-state index is 0.0241. The Kier molecular flexibility index (Phi) is 4.10. The Morgan fingerprint density at radius 2 is 2.00 bits per heavy atom. The van der Waals surface area contributed by atoms with Gasteiger partial charge < -0.3 is 5.32 Å². The summed E-state index contributed by atoms with van der Waals surface area (Å²) in [5.41, 5.74) is 0.568. The van der Waals surface area contributed by atoms with Gasteiger partial charge in [-0.3, -0.25) is 14.5 Å². The van der Waals surface area contributed by atoms with Gasteiger partial charge in [0.2, 0.25) is 5.91 Å². The lowest BCUT2D eigenvalue weighted by atomic mass is 10.0. The molecule has 4 nitrogen and oxygen atoms in total. The molecule has 1 N–H and O–H groups in total. The molecule has 1 aliphatic rings. The Morgan fingerprint density at radius 1 is 1.28 bits per heavy atom. The molecule has 1 aromatic rings. The van der Waals surface area contributed by atoms with E-state index in [1.165, 1.54) is 11.8 Å². The first-order chi connectivity index (χ1) is 8.70. The number of imide groups is 1. The van der Waals surface area contributed by atoms with Crippen molar-refractivity contribution in [3.8, 4) is 0 Å². The number of carbonyl (C=O) groups excluding carboxylic acids is 2. The van der Waals surface area contributed by atoms with Crippen LogP contribution in [0.1, 0.15) is 30.1 Å². The number of piperidine rings is 1. The molecule has 0 bridgehead atoms. The predicted octanol–water partition coefficient (Wildman–Crippen LogP) is 1.43. The average molecular weight is 246 g/mol. The van der Waals surface area contributed by atoms with Crippen LogP contribution in [0.25, 0.3) is 0 Å². The standard InChI is InChI=1S/C14H18N2O2/c1-11(17)16(13-8-5-9-15-10-13)14(18)12-6-3-2-4-7-12/h2-4,6-7,13,15H,5,8-10H2,1H3. The summed E-state index contributed by atoms with van der Waals surface area (Å²) in [5, 5.41) is 3.23. The van der Waals surface area contributed by atoms with Crippen molar-refractivity contribution in [2.24, 2.45) is 0 Å². The minimum atomic E-state index is -0.197. The zero-order valence-corrected chi connectivity index (χ0v) is 10.6. The fraction of sp³-hybridized carbons (Fsp3) is 0.429. The van der Waals surface area contributed by atoms with Gasteiger partial charge in [-0.1, -0.05) is 18.2 Å². The van der Waals surface area contributed by atoms with Gasteiger partial charge in [0.25, 0.3) is 5.91 Å². The molecule has 96 valence electrons. The topological polar surface area (TPSA) is 49.4 Å². The van der Waals surface area contributed by atoms with Crippen LogP contribution in [0.2, 0.25) is 0 Å². The van der Waals surface area contributed by atoms with Gasteiger partial charge in [0.15, 0.2) is 0 Å². The molecule has 0 spiro atoms. The monoisotopic (exact) mass is 246 g/mol. The van der Waals surface area contributed by atoms with E-state index in [1.54, 1.807) is 12.1 Å². The summed E-state index contributed by atoms with van der Waals surface area (Å²) in [6, 6.07) is 8.94. The number of carbonyl (C=O) groups is 2. The Bertz CT molecular complexity index is 425. The van der Waals surface area contributed by atoms with Gasteiger partial charge >= 0.3 is 0 Å². The second-order valence-corrected chi connectivity index (χ2v) is 4.56. The van der Waals surface area contributed by atoms with E-state index in [-0.39, 0.29) is 17.9 Å². The molecular weight excluding hydrogens is 228 g/mol. The van der Waals surface area contributed by atoms with E-state index >= 15 is 0 Å². The summed E-state index contributed by atoms with van der Waals surface area (Å²) in [4.78, 5) is 25.5. The number of nitrogens with one attached hydrogen (secondary N) is 1. The lowest BCUT2D eigenvalue weighted by Crippen LogP contribution is -2.50. The molecule has 0 saturated carbocycles. The fourth-order valence-electron chi connectivity index (χ4n) is 2.34. The highest BCUT2D eigenvalue weighted by molar-refractivity contribution is 6.04. The van der Waals surface area contributed by atoms with Crippen molar-refractivity contribution >= 4 is 11.8 Å². The number of hydrogen-bond donors (Lipinski definition) is 1. The molecule has 1 heterocycles. The van der Waals surface area contributed by atoms with Gasteiger partial charge in [-0.15, -0.1) is 0 Å². The van der Waals surface area contributed by atoms with Crippen LogP contribution in [0.3, 0.4) is 0 Å². The first-order valence-electron chi connectivity index (χ1n) is 6.30. The molecule has 1 aliphatic heterocycles. The molecule has 0 radical (unpaired) electrons. The van der Waals surface area contributed by atoms with Gasteiger partial charge in [0.05, 0.1) is 6.04 Å². The van der Waals surface area contributed by atoms with E-state index in [1.807, 2.05) is 18.2 Å². The van der Waals surface area contributed by atoms with Gasteiger partial charge in [-0.2, -0.15) is 0 Å². The van der Waals surface area contributed by atoms with Gasteiger partial charge in [-0.05, 0) is 31.5 Å². The summed E-state index contributed by atoms with van der Waals surface area (Å²) in [7, 11) is 0. The van der Waals surface area contributed by atoms with E-state index in [9.17, 15) is 9.59 Å². The lowest BCUT2D eigenvalue weighted by Gasteiger charge is -2.32. The van der Waals surface area contributed by atoms with Crippen molar-refractivity contribution in [3.05, 3.63) is 35.9 Å². The van der Waals surface area contributed by atoms with Gasteiger partial charge in [0.1, 0.15) is 0 Å². The van der Waals surface area contributed by atoms with Crippen LogP contribution in [-0.2, 0) is 4.79 Å². The summed E-state index contributed by atoms with van der Waals surface area (Å²) in [5.74, 6) is -0.380. The van der Waals surface area contributed by atoms with Crippen LogP contribution in [0.4, 0.5) is 0 Å². The molecule has 4 heteroatoms. The Morgan fingerprint density at radius 3 is 2.56 bits per heavy atom. The van der Waals surface area contributed by atoms with Gasteiger partial charge in [-0.25, -0.2) is 0 Å². The number of amides is 2. The smallest absolute Gasteiger partial charge is 0.260 e. The molecule has 0 aliphatic carbocycles. The van der Waals surface area contributed by atoms with Crippen molar-refractivity contribution in [3.63, 3.8) is 0 Å². The van der Waals surface area contributed by atoms with E-state index < -0.39 is 0 Å². The maximum Gasteiger partial charge on any atom is 0.260 e. The summed E-state index contributed by atoms with van der Waals surface area (Å²) >= 11 is 0. The summed E-state index contributed by atoms with van der Waals surface area (Å²) in [6.45, 7) is 3.11. The van der Waals surface area contributed by atoms with Gasteiger partial charge in [0, 0.05) is 19.0 Å². The van der Waals surface area contributed by atoms with Crippen LogP contribution in [0.5, 0.6) is 0 Å². The maximum absolute atomic E-state index is 12.4. The molecule has 1 unspecified atom stereocenters. The molecule has 2 rings (SSSR count). The number of benzene rings is 1. The van der Waals surface area contributed by atoms with Crippen molar-refractivity contribution in [1.82, 2.24) is 10.2 Å². The highest BCUT2D eigenvalue weighted by Crippen LogP contribution is 2.14. The lowest BCUT2D eigenvalue weighted by molar-refractivity contribution is -0.128. The van der Waals surface area contributed by atoms with E-state index in [0.29, 0.717) is 12.1 Å². The molecular formula is C14H18N2O2. The molecule has 0 aromatic heterocycles. The third-order valence-corrected chi connectivity index (χ3v) is 3.21. The largest absolute Gasteiger partial charge is 0.315 e. The summed E-state index contributed by atoms with van der Waals surface area (Å²) < 4.78 is 0. The zero-order valence-electron chi connectivity index (χ0n) is 10.6. The number of nitrogens with zero attached hydrogens (tertiary/aromatic N) is 1. The second kappa shape index (κ2) is 5.78. The van der Waals surface area contributed by atoms with Crippen LogP contribution < -0.4 is 5.32 Å². The Balaban J connectivity index is 2.19. The highest BCUT2D eigenvalue weighted by atomic mass is 16.2. The van der Waals surface area contributed by atoms with E-state index in [2.05, 4.69) is 5.32 Å².